The third-order valence-electron chi connectivity index (χ3n) is 4.27. The number of hydrogen-bond acceptors (Lipinski definition) is 0. The molecule has 0 atom stereocenters. The predicted molar refractivity (Wildman–Crippen MR) is 84.9 cm³/mol. The van der Waals surface area contributed by atoms with Crippen LogP contribution in [0.25, 0.3) is 27.5 Å². The SMILES string of the molecule is Cc1c(F)c(F)c(-c2cc3ccccc3n3cccc23)c(F)c1F. The largest absolute Gasteiger partial charge is 0.316 e. The van der Waals surface area contributed by atoms with Crippen molar-refractivity contribution in [3.63, 3.8) is 0 Å². The third kappa shape index (κ3) is 1.87. The summed E-state index contributed by atoms with van der Waals surface area (Å²) in [5.74, 6) is -5.52. The van der Waals surface area contributed by atoms with E-state index in [2.05, 4.69) is 0 Å². The summed E-state index contributed by atoms with van der Waals surface area (Å²) < 4.78 is 58.5. The van der Waals surface area contributed by atoms with Gasteiger partial charge in [-0.15, -0.1) is 0 Å². The monoisotopic (exact) mass is 329 g/mol. The zero-order valence-corrected chi connectivity index (χ0v) is 12.6. The summed E-state index contributed by atoms with van der Waals surface area (Å²) in [6.45, 7) is 1.01. The van der Waals surface area contributed by atoms with Crippen LogP contribution in [-0.2, 0) is 0 Å². The lowest BCUT2D eigenvalue weighted by molar-refractivity contribution is 0.449. The van der Waals surface area contributed by atoms with Gasteiger partial charge in [0.25, 0.3) is 0 Å². The average Bonchev–Trinajstić information content (AvgIpc) is 3.08. The highest BCUT2D eigenvalue weighted by molar-refractivity contribution is 5.93. The van der Waals surface area contributed by atoms with Crippen LogP contribution >= 0.6 is 0 Å². The number of rotatable bonds is 1. The number of fused-ring (bicyclic) bond motifs is 3. The predicted octanol–water partition coefficient (Wildman–Crippen LogP) is 5.62. The molecule has 0 spiro atoms. The van der Waals surface area contributed by atoms with Gasteiger partial charge in [-0.2, -0.15) is 0 Å². The van der Waals surface area contributed by atoms with Gasteiger partial charge in [0.2, 0.25) is 0 Å². The van der Waals surface area contributed by atoms with Crippen LogP contribution in [0.15, 0.2) is 48.7 Å². The molecule has 5 heteroatoms. The number of aromatic nitrogens is 1. The zero-order chi connectivity index (χ0) is 17.0. The number of hydrogen-bond donors (Lipinski definition) is 0. The molecule has 0 aliphatic rings. The average molecular weight is 329 g/mol. The highest BCUT2D eigenvalue weighted by Gasteiger charge is 2.25. The second kappa shape index (κ2) is 5.09. The lowest BCUT2D eigenvalue weighted by atomic mass is 9.99. The van der Waals surface area contributed by atoms with Crippen molar-refractivity contribution >= 4 is 16.4 Å². The van der Waals surface area contributed by atoms with Crippen LogP contribution in [0.4, 0.5) is 17.6 Å². The number of halogens is 4. The van der Waals surface area contributed by atoms with Crippen molar-refractivity contribution in [1.29, 1.82) is 0 Å². The Kier molecular flexibility index (Phi) is 3.13. The molecular formula is C19H11F4N. The molecule has 24 heavy (non-hydrogen) atoms. The number of pyridine rings is 1. The molecule has 0 saturated heterocycles. The fourth-order valence-electron chi connectivity index (χ4n) is 3.05. The molecule has 0 unspecified atom stereocenters. The lowest BCUT2D eigenvalue weighted by Crippen LogP contribution is -2.04. The summed E-state index contributed by atoms with van der Waals surface area (Å²) in [6.07, 6.45) is 1.73. The molecule has 0 saturated carbocycles. The maximum absolute atomic E-state index is 14.4. The fourth-order valence-corrected chi connectivity index (χ4v) is 3.05. The Morgan fingerprint density at radius 2 is 1.38 bits per heavy atom. The van der Waals surface area contributed by atoms with Gasteiger partial charge in [0, 0.05) is 17.3 Å². The van der Waals surface area contributed by atoms with E-state index in [0.29, 0.717) is 10.9 Å². The van der Waals surface area contributed by atoms with Crippen LogP contribution in [0.3, 0.4) is 0 Å². The number of nitrogens with zero attached hydrogens (tertiary/aromatic N) is 1. The second-order valence-corrected chi connectivity index (χ2v) is 5.64. The third-order valence-corrected chi connectivity index (χ3v) is 4.27. The molecule has 0 radical (unpaired) electrons. The summed E-state index contributed by atoms with van der Waals surface area (Å²) in [7, 11) is 0. The van der Waals surface area contributed by atoms with E-state index in [1.54, 1.807) is 40.9 Å². The summed E-state index contributed by atoms with van der Waals surface area (Å²) in [5, 5.41) is 0.705. The van der Waals surface area contributed by atoms with Crippen LogP contribution in [0.2, 0.25) is 0 Å². The summed E-state index contributed by atoms with van der Waals surface area (Å²) in [4.78, 5) is 0. The minimum atomic E-state index is -1.38. The van der Waals surface area contributed by atoms with Gasteiger partial charge in [-0.1, -0.05) is 18.2 Å². The molecule has 0 aliphatic heterocycles. The van der Waals surface area contributed by atoms with Gasteiger partial charge in [0.15, 0.2) is 23.3 Å². The molecule has 0 N–H and O–H groups in total. The zero-order valence-electron chi connectivity index (χ0n) is 12.6. The first-order valence-electron chi connectivity index (χ1n) is 7.32. The van der Waals surface area contributed by atoms with Crippen molar-refractivity contribution in [2.45, 2.75) is 6.92 Å². The Labute approximate surface area is 134 Å². The smallest absolute Gasteiger partial charge is 0.170 e. The Balaban J connectivity index is 2.20. The summed E-state index contributed by atoms with van der Waals surface area (Å²) in [5.41, 5.74) is 0.0433. The van der Waals surface area contributed by atoms with Crippen LogP contribution < -0.4 is 0 Å². The topological polar surface area (TPSA) is 4.41 Å². The number of para-hydroxylation sites is 1. The van der Waals surface area contributed by atoms with E-state index in [1.807, 2.05) is 12.1 Å². The quantitative estimate of drug-likeness (QED) is 0.315. The fraction of sp³-hybridized carbons (Fsp3) is 0.0526. The van der Waals surface area contributed by atoms with Crippen molar-refractivity contribution in [1.82, 2.24) is 4.40 Å². The Morgan fingerprint density at radius 1 is 0.750 bits per heavy atom. The van der Waals surface area contributed by atoms with Gasteiger partial charge in [0.1, 0.15) is 0 Å². The van der Waals surface area contributed by atoms with Gasteiger partial charge in [0.05, 0.1) is 16.6 Å². The first-order chi connectivity index (χ1) is 11.5. The molecule has 2 heterocycles. The first-order valence-corrected chi connectivity index (χ1v) is 7.32. The van der Waals surface area contributed by atoms with Crippen LogP contribution in [-0.4, -0.2) is 4.40 Å². The van der Waals surface area contributed by atoms with Gasteiger partial charge in [-0.05, 0) is 36.6 Å². The highest BCUT2D eigenvalue weighted by Crippen LogP contribution is 2.36. The van der Waals surface area contributed by atoms with Gasteiger partial charge >= 0.3 is 0 Å². The highest BCUT2D eigenvalue weighted by atomic mass is 19.2. The number of benzene rings is 2. The van der Waals surface area contributed by atoms with Crippen LogP contribution in [0, 0.1) is 30.2 Å². The molecular weight excluding hydrogens is 318 g/mol. The molecule has 0 fully saturated rings. The van der Waals surface area contributed by atoms with Crippen molar-refractivity contribution < 1.29 is 17.6 Å². The molecule has 0 bridgehead atoms. The molecule has 0 aliphatic carbocycles. The van der Waals surface area contributed by atoms with Crippen molar-refractivity contribution in [3.05, 3.63) is 77.5 Å². The van der Waals surface area contributed by atoms with E-state index >= 15 is 0 Å². The molecule has 2 aromatic carbocycles. The first kappa shape index (κ1) is 14.8. The summed E-state index contributed by atoms with van der Waals surface area (Å²) in [6, 6.07) is 12.2. The van der Waals surface area contributed by atoms with Gasteiger partial charge in [-0.25, -0.2) is 17.6 Å². The van der Waals surface area contributed by atoms with E-state index in [0.717, 1.165) is 12.4 Å². The molecule has 2 aromatic heterocycles. The molecule has 4 aromatic rings. The van der Waals surface area contributed by atoms with Gasteiger partial charge < -0.3 is 4.40 Å². The minimum absolute atomic E-state index is 0.103. The normalized spacial score (nSPS) is 11.5. The van der Waals surface area contributed by atoms with E-state index in [4.69, 9.17) is 0 Å². The Morgan fingerprint density at radius 3 is 2.08 bits per heavy atom. The maximum atomic E-state index is 14.4. The van der Waals surface area contributed by atoms with Crippen molar-refractivity contribution in [2.24, 2.45) is 0 Å². The van der Waals surface area contributed by atoms with E-state index in [1.165, 1.54) is 0 Å². The second-order valence-electron chi connectivity index (χ2n) is 5.64. The van der Waals surface area contributed by atoms with E-state index in [9.17, 15) is 17.6 Å². The Bertz CT molecular complexity index is 1080. The van der Waals surface area contributed by atoms with E-state index < -0.39 is 34.4 Å². The van der Waals surface area contributed by atoms with Crippen LogP contribution in [0.1, 0.15) is 5.56 Å². The summed E-state index contributed by atoms with van der Waals surface area (Å²) >= 11 is 0. The molecule has 120 valence electrons. The molecule has 1 nitrogen and oxygen atoms in total. The standard InChI is InChI=1S/C19H11F4N/c1-10-16(20)18(22)15(19(23)17(10)21)12-9-11-5-2-3-6-13(11)24-8-4-7-14(12)24/h2-9H,1H3. The van der Waals surface area contributed by atoms with Crippen molar-refractivity contribution in [3.8, 4) is 11.1 Å². The van der Waals surface area contributed by atoms with Crippen LogP contribution in [0.5, 0.6) is 0 Å². The molecule has 4 rings (SSSR count). The van der Waals surface area contributed by atoms with Crippen molar-refractivity contribution in [2.75, 3.05) is 0 Å². The Hall–Kier alpha value is -2.82. The van der Waals surface area contributed by atoms with E-state index in [-0.39, 0.29) is 5.56 Å². The molecule has 0 amide bonds. The maximum Gasteiger partial charge on any atom is 0.170 e. The lowest BCUT2D eigenvalue weighted by Gasteiger charge is -2.13. The minimum Gasteiger partial charge on any atom is -0.316 e. The van der Waals surface area contributed by atoms with Gasteiger partial charge in [-0.3, -0.25) is 0 Å².